The molecular formula is C16H19NO2. The zero-order valence-electron chi connectivity index (χ0n) is 11.3. The van der Waals surface area contributed by atoms with Crippen molar-refractivity contribution in [2.75, 3.05) is 7.11 Å². The molecule has 0 spiro atoms. The van der Waals surface area contributed by atoms with Gasteiger partial charge in [0, 0.05) is 11.6 Å². The maximum atomic E-state index is 6.11. The Balaban J connectivity index is 2.33. The smallest absolute Gasteiger partial charge is 0.169 e. The van der Waals surface area contributed by atoms with E-state index in [2.05, 4.69) is 6.92 Å². The highest BCUT2D eigenvalue weighted by Crippen LogP contribution is 2.34. The molecule has 0 aliphatic heterocycles. The molecule has 19 heavy (non-hydrogen) atoms. The van der Waals surface area contributed by atoms with Gasteiger partial charge in [0.2, 0.25) is 0 Å². The van der Waals surface area contributed by atoms with E-state index >= 15 is 0 Å². The minimum atomic E-state index is -0.0223. The fraction of sp³-hybridized carbons (Fsp3) is 0.250. The van der Waals surface area contributed by atoms with Crippen molar-refractivity contribution >= 4 is 0 Å². The van der Waals surface area contributed by atoms with Gasteiger partial charge in [0.25, 0.3) is 0 Å². The fourth-order valence-electron chi connectivity index (χ4n) is 1.92. The highest BCUT2D eigenvalue weighted by Gasteiger charge is 2.12. The predicted molar refractivity (Wildman–Crippen MR) is 76.7 cm³/mol. The summed E-state index contributed by atoms with van der Waals surface area (Å²) in [4.78, 5) is 0. The molecule has 0 saturated heterocycles. The van der Waals surface area contributed by atoms with Gasteiger partial charge in [0.05, 0.1) is 7.11 Å². The second-order valence-electron chi connectivity index (χ2n) is 4.31. The summed E-state index contributed by atoms with van der Waals surface area (Å²) < 4.78 is 11.2. The third-order valence-electron chi connectivity index (χ3n) is 3.05. The number of ether oxygens (including phenoxy) is 2. The van der Waals surface area contributed by atoms with Crippen LogP contribution in [0.5, 0.6) is 17.2 Å². The second-order valence-corrected chi connectivity index (χ2v) is 4.31. The van der Waals surface area contributed by atoms with Gasteiger partial charge in [-0.05, 0) is 24.6 Å². The van der Waals surface area contributed by atoms with E-state index in [1.807, 2.05) is 48.5 Å². The maximum absolute atomic E-state index is 6.11. The molecule has 0 bridgehead atoms. The molecule has 0 fully saturated rings. The predicted octanol–water partition coefficient (Wildman–Crippen LogP) is 3.90. The molecule has 3 heteroatoms. The number of hydrogen-bond donors (Lipinski definition) is 1. The number of methoxy groups -OCH3 is 1. The van der Waals surface area contributed by atoms with Crippen LogP contribution in [0.2, 0.25) is 0 Å². The zero-order valence-corrected chi connectivity index (χ0v) is 11.3. The van der Waals surface area contributed by atoms with Crippen molar-refractivity contribution in [2.24, 2.45) is 5.73 Å². The Bertz CT molecular complexity index is 540. The Morgan fingerprint density at radius 2 is 1.53 bits per heavy atom. The summed E-state index contributed by atoms with van der Waals surface area (Å²) in [5, 5.41) is 0. The van der Waals surface area contributed by atoms with Crippen LogP contribution in [0.4, 0.5) is 0 Å². The van der Waals surface area contributed by atoms with E-state index < -0.39 is 0 Å². The highest BCUT2D eigenvalue weighted by molar-refractivity contribution is 5.45. The third kappa shape index (κ3) is 3.06. The summed E-state index contributed by atoms with van der Waals surface area (Å²) in [5.74, 6) is 2.18. The van der Waals surface area contributed by atoms with Crippen LogP contribution < -0.4 is 15.2 Å². The van der Waals surface area contributed by atoms with Crippen molar-refractivity contribution in [1.29, 1.82) is 0 Å². The van der Waals surface area contributed by atoms with Crippen LogP contribution in [-0.2, 0) is 0 Å². The van der Waals surface area contributed by atoms with Gasteiger partial charge in [0.1, 0.15) is 5.75 Å². The zero-order chi connectivity index (χ0) is 13.7. The lowest BCUT2D eigenvalue weighted by Crippen LogP contribution is -2.09. The molecule has 0 saturated carbocycles. The molecule has 2 N–H and O–H groups in total. The van der Waals surface area contributed by atoms with E-state index in [0.717, 1.165) is 17.7 Å². The molecule has 0 aliphatic rings. The Hall–Kier alpha value is -2.00. The summed E-state index contributed by atoms with van der Waals surface area (Å²) in [6, 6.07) is 15.4. The Labute approximate surface area is 114 Å². The van der Waals surface area contributed by atoms with Crippen molar-refractivity contribution in [3.05, 3.63) is 54.1 Å². The molecule has 1 unspecified atom stereocenters. The van der Waals surface area contributed by atoms with Crippen LogP contribution >= 0.6 is 0 Å². The van der Waals surface area contributed by atoms with Crippen LogP contribution in [0.3, 0.4) is 0 Å². The molecule has 1 atom stereocenters. The van der Waals surface area contributed by atoms with E-state index in [1.165, 1.54) is 0 Å². The van der Waals surface area contributed by atoms with Crippen LogP contribution in [0.1, 0.15) is 24.9 Å². The quantitative estimate of drug-likeness (QED) is 0.883. The molecule has 3 nitrogen and oxygen atoms in total. The van der Waals surface area contributed by atoms with Gasteiger partial charge in [-0.25, -0.2) is 0 Å². The van der Waals surface area contributed by atoms with Crippen molar-refractivity contribution in [3.63, 3.8) is 0 Å². The first-order chi connectivity index (χ1) is 9.26. The van der Waals surface area contributed by atoms with Crippen LogP contribution in [-0.4, -0.2) is 7.11 Å². The van der Waals surface area contributed by atoms with Gasteiger partial charge in [0.15, 0.2) is 11.5 Å². The van der Waals surface area contributed by atoms with Gasteiger partial charge >= 0.3 is 0 Å². The topological polar surface area (TPSA) is 44.5 Å². The van der Waals surface area contributed by atoms with Crippen molar-refractivity contribution in [3.8, 4) is 17.2 Å². The molecule has 2 rings (SSSR count). The molecule has 0 amide bonds. The molecular weight excluding hydrogens is 238 g/mol. The maximum Gasteiger partial charge on any atom is 0.169 e. The first kappa shape index (κ1) is 13.4. The van der Waals surface area contributed by atoms with Gasteiger partial charge in [-0.3, -0.25) is 0 Å². The van der Waals surface area contributed by atoms with E-state index in [-0.39, 0.29) is 6.04 Å². The SMILES string of the molecule is CCC(N)c1ccccc1Oc1ccccc1OC. The molecule has 0 heterocycles. The monoisotopic (exact) mass is 257 g/mol. The summed E-state index contributed by atoms with van der Waals surface area (Å²) in [6.45, 7) is 2.06. The molecule has 0 aromatic heterocycles. The lowest BCUT2D eigenvalue weighted by Gasteiger charge is -2.16. The normalized spacial score (nSPS) is 11.9. The van der Waals surface area contributed by atoms with E-state index in [0.29, 0.717) is 11.5 Å². The van der Waals surface area contributed by atoms with E-state index in [9.17, 15) is 0 Å². The van der Waals surface area contributed by atoms with Crippen molar-refractivity contribution < 1.29 is 9.47 Å². The first-order valence-corrected chi connectivity index (χ1v) is 6.41. The van der Waals surface area contributed by atoms with Gasteiger partial charge in [-0.1, -0.05) is 37.3 Å². The van der Waals surface area contributed by atoms with E-state index in [4.69, 9.17) is 15.2 Å². The largest absolute Gasteiger partial charge is 0.493 e. The summed E-state index contributed by atoms with van der Waals surface area (Å²) in [6.07, 6.45) is 0.867. The lowest BCUT2D eigenvalue weighted by atomic mass is 10.0. The Kier molecular flexibility index (Phi) is 4.42. The molecule has 0 aliphatic carbocycles. The van der Waals surface area contributed by atoms with E-state index in [1.54, 1.807) is 7.11 Å². The standard InChI is InChI=1S/C16H19NO2/c1-3-13(17)12-8-4-5-9-14(12)19-16-11-7-6-10-15(16)18-2/h4-11,13H,3,17H2,1-2H3. The lowest BCUT2D eigenvalue weighted by molar-refractivity contribution is 0.376. The first-order valence-electron chi connectivity index (χ1n) is 6.41. The Morgan fingerprint density at radius 3 is 2.16 bits per heavy atom. The average Bonchev–Trinajstić information content (AvgIpc) is 2.47. The van der Waals surface area contributed by atoms with Crippen LogP contribution in [0.25, 0.3) is 0 Å². The molecule has 2 aromatic carbocycles. The van der Waals surface area contributed by atoms with Gasteiger partial charge in [-0.2, -0.15) is 0 Å². The molecule has 2 aromatic rings. The summed E-state index contributed by atoms with van der Waals surface area (Å²) >= 11 is 0. The van der Waals surface area contributed by atoms with Crippen molar-refractivity contribution in [2.45, 2.75) is 19.4 Å². The fourth-order valence-corrected chi connectivity index (χ4v) is 1.92. The van der Waals surface area contributed by atoms with Crippen LogP contribution in [0.15, 0.2) is 48.5 Å². The second kappa shape index (κ2) is 6.25. The minimum Gasteiger partial charge on any atom is -0.493 e. The number of hydrogen-bond acceptors (Lipinski definition) is 3. The Morgan fingerprint density at radius 1 is 0.947 bits per heavy atom. The summed E-state index contributed by atoms with van der Waals surface area (Å²) in [7, 11) is 1.63. The number of nitrogens with two attached hydrogens (primary N) is 1. The number of benzene rings is 2. The average molecular weight is 257 g/mol. The summed E-state index contributed by atoms with van der Waals surface area (Å²) in [5.41, 5.74) is 7.12. The molecule has 0 radical (unpaired) electrons. The minimum absolute atomic E-state index is 0.0223. The number of rotatable bonds is 5. The van der Waals surface area contributed by atoms with Crippen molar-refractivity contribution in [1.82, 2.24) is 0 Å². The van der Waals surface area contributed by atoms with Gasteiger partial charge in [-0.15, -0.1) is 0 Å². The third-order valence-corrected chi connectivity index (χ3v) is 3.05. The molecule has 100 valence electrons. The van der Waals surface area contributed by atoms with Crippen LogP contribution in [0, 0.1) is 0 Å². The van der Waals surface area contributed by atoms with Gasteiger partial charge < -0.3 is 15.2 Å². The number of para-hydroxylation sites is 3. The highest BCUT2D eigenvalue weighted by atomic mass is 16.5.